The average Bonchev–Trinajstić information content (AvgIpc) is 3.39. The number of likely N-dealkylation sites (N-methyl/N-ethyl adjacent to an activating group) is 1. The third-order valence-corrected chi connectivity index (χ3v) is 15.0. The van der Waals surface area contributed by atoms with Gasteiger partial charge in [-0.3, -0.25) is 14.2 Å². The summed E-state index contributed by atoms with van der Waals surface area (Å²) in [5, 5.41) is 0. The van der Waals surface area contributed by atoms with Gasteiger partial charge in [0.05, 0.1) is 27.7 Å². The van der Waals surface area contributed by atoms with Gasteiger partial charge in [-0.15, -0.1) is 0 Å². The van der Waals surface area contributed by atoms with Crippen molar-refractivity contribution in [3.05, 3.63) is 72.9 Å². The fourth-order valence-electron chi connectivity index (χ4n) is 9.07. The molecule has 0 aromatic carbocycles. The monoisotopic (exact) mass is 1100 g/mol. The Bertz CT molecular complexity index is 1530. The van der Waals surface area contributed by atoms with Crippen LogP contribution in [0, 0.1) is 0 Å². The van der Waals surface area contributed by atoms with Crippen molar-refractivity contribution in [1.29, 1.82) is 0 Å². The first-order valence-corrected chi connectivity index (χ1v) is 33.6. The molecule has 0 amide bonds. The lowest BCUT2D eigenvalue weighted by atomic mass is 10.0. The number of ether oxygens (including phenoxy) is 2. The van der Waals surface area contributed by atoms with E-state index in [1.807, 2.05) is 21.1 Å². The summed E-state index contributed by atoms with van der Waals surface area (Å²) in [5.41, 5.74) is 0. The van der Waals surface area contributed by atoms with Crippen LogP contribution in [-0.2, 0) is 32.7 Å². The molecular weight excluding hydrogens is 978 g/mol. The summed E-state index contributed by atoms with van der Waals surface area (Å²) >= 11 is 0. The Morgan fingerprint density at radius 3 is 1.10 bits per heavy atom. The molecule has 0 spiro atoms. The molecule has 0 aliphatic rings. The van der Waals surface area contributed by atoms with Crippen molar-refractivity contribution in [2.75, 3.05) is 47.5 Å². The van der Waals surface area contributed by atoms with Crippen molar-refractivity contribution in [2.24, 2.45) is 0 Å². The zero-order chi connectivity index (χ0) is 56.3. The molecule has 0 heterocycles. The van der Waals surface area contributed by atoms with Gasteiger partial charge >= 0.3 is 11.9 Å². The van der Waals surface area contributed by atoms with E-state index >= 15 is 0 Å². The van der Waals surface area contributed by atoms with E-state index in [9.17, 15) is 19.0 Å². The van der Waals surface area contributed by atoms with Crippen LogP contribution >= 0.6 is 7.82 Å². The van der Waals surface area contributed by atoms with Crippen LogP contribution in [-0.4, -0.2) is 70.0 Å². The van der Waals surface area contributed by atoms with Gasteiger partial charge in [0.2, 0.25) is 0 Å². The molecule has 0 bridgehead atoms. The second-order valence-electron chi connectivity index (χ2n) is 22.8. The molecule has 2 atom stereocenters. The highest BCUT2D eigenvalue weighted by Gasteiger charge is 2.22. The summed E-state index contributed by atoms with van der Waals surface area (Å²) in [6.07, 6.45) is 76.8. The van der Waals surface area contributed by atoms with E-state index in [1.165, 1.54) is 180 Å². The van der Waals surface area contributed by atoms with E-state index in [2.05, 4.69) is 86.8 Å². The van der Waals surface area contributed by atoms with E-state index in [1.54, 1.807) is 0 Å². The maximum absolute atomic E-state index is 12.8. The zero-order valence-electron chi connectivity index (χ0n) is 50.9. The zero-order valence-corrected chi connectivity index (χ0v) is 51.8. The summed E-state index contributed by atoms with van der Waals surface area (Å²) in [5.74, 6) is -0.820. The van der Waals surface area contributed by atoms with Crippen molar-refractivity contribution >= 4 is 19.8 Å². The molecular formula is C67H122NO8P. The number of nitrogens with zero attached hydrogens (tertiary/aromatic N) is 1. The lowest BCUT2D eigenvalue weighted by Gasteiger charge is -2.28. The van der Waals surface area contributed by atoms with E-state index < -0.39 is 26.5 Å². The Kier molecular flexibility index (Phi) is 56.2. The molecule has 448 valence electrons. The highest BCUT2D eigenvalue weighted by molar-refractivity contribution is 7.45. The molecule has 0 aliphatic carbocycles. The van der Waals surface area contributed by atoms with Gasteiger partial charge in [0, 0.05) is 12.8 Å². The number of esters is 2. The normalized spacial score (nSPS) is 13.7. The van der Waals surface area contributed by atoms with Crippen LogP contribution in [0.5, 0.6) is 0 Å². The van der Waals surface area contributed by atoms with Crippen LogP contribution in [0.1, 0.15) is 290 Å². The SMILES string of the molecule is CC/C=C\C/C=C\C/C=C\C/C=C\C/C=C\C/C=C\CCCCCCCCCCCCCCCCCCC(=O)OC(COC(=O)CCCCCCCCCCCCCCCCCCCC)COP(=O)([O-])OCC[N+](C)(C)C. The fraction of sp³-hybridized carbons (Fsp3) is 0.791. The van der Waals surface area contributed by atoms with E-state index in [-0.39, 0.29) is 32.0 Å². The summed E-state index contributed by atoms with van der Waals surface area (Å²) in [7, 11) is 1.18. The van der Waals surface area contributed by atoms with Gasteiger partial charge in [-0.25, -0.2) is 0 Å². The summed E-state index contributed by atoms with van der Waals surface area (Å²) in [6.45, 7) is 4.17. The van der Waals surface area contributed by atoms with Gasteiger partial charge in [0.25, 0.3) is 7.82 Å². The molecule has 10 heteroatoms. The summed E-state index contributed by atoms with van der Waals surface area (Å²) in [6, 6.07) is 0. The quantitative estimate of drug-likeness (QED) is 0.0195. The topological polar surface area (TPSA) is 111 Å². The predicted octanol–water partition coefficient (Wildman–Crippen LogP) is 19.8. The van der Waals surface area contributed by atoms with Crippen LogP contribution in [0.3, 0.4) is 0 Å². The third-order valence-electron chi connectivity index (χ3n) is 14.0. The first-order chi connectivity index (χ1) is 37.5. The van der Waals surface area contributed by atoms with Gasteiger partial charge in [-0.1, -0.05) is 286 Å². The van der Waals surface area contributed by atoms with Crippen LogP contribution in [0.4, 0.5) is 0 Å². The molecule has 9 nitrogen and oxygen atoms in total. The first-order valence-electron chi connectivity index (χ1n) is 32.1. The molecule has 0 aliphatic heterocycles. The number of hydrogen-bond acceptors (Lipinski definition) is 8. The molecule has 2 unspecified atom stereocenters. The smallest absolute Gasteiger partial charge is 0.306 e. The number of rotatable bonds is 59. The lowest BCUT2D eigenvalue weighted by Crippen LogP contribution is -2.37. The average molecular weight is 1100 g/mol. The fourth-order valence-corrected chi connectivity index (χ4v) is 9.80. The van der Waals surface area contributed by atoms with Gasteiger partial charge in [0.1, 0.15) is 19.8 Å². The Morgan fingerprint density at radius 2 is 0.740 bits per heavy atom. The van der Waals surface area contributed by atoms with Crippen molar-refractivity contribution in [2.45, 2.75) is 296 Å². The molecule has 0 saturated heterocycles. The lowest BCUT2D eigenvalue weighted by molar-refractivity contribution is -0.870. The van der Waals surface area contributed by atoms with E-state index in [0.29, 0.717) is 17.4 Å². The van der Waals surface area contributed by atoms with Crippen LogP contribution in [0.15, 0.2) is 72.9 Å². The minimum atomic E-state index is -4.64. The number of phosphoric acid groups is 1. The van der Waals surface area contributed by atoms with Crippen LogP contribution in [0.2, 0.25) is 0 Å². The maximum Gasteiger partial charge on any atom is 0.306 e. The largest absolute Gasteiger partial charge is 0.756 e. The Hall–Kier alpha value is -2.55. The second kappa shape index (κ2) is 58.1. The van der Waals surface area contributed by atoms with E-state index in [0.717, 1.165) is 77.0 Å². The number of allylic oxidation sites excluding steroid dienone is 12. The first kappa shape index (κ1) is 74.5. The van der Waals surface area contributed by atoms with Crippen molar-refractivity contribution in [3.63, 3.8) is 0 Å². The molecule has 0 fully saturated rings. The second-order valence-corrected chi connectivity index (χ2v) is 24.2. The highest BCUT2D eigenvalue weighted by atomic mass is 31.2. The Morgan fingerprint density at radius 1 is 0.416 bits per heavy atom. The van der Waals surface area contributed by atoms with Gasteiger partial charge < -0.3 is 27.9 Å². The Labute approximate surface area is 476 Å². The van der Waals surface area contributed by atoms with Crippen molar-refractivity contribution in [1.82, 2.24) is 0 Å². The van der Waals surface area contributed by atoms with Gasteiger partial charge in [-0.2, -0.15) is 0 Å². The van der Waals surface area contributed by atoms with Gasteiger partial charge in [0.15, 0.2) is 6.10 Å². The van der Waals surface area contributed by atoms with Crippen molar-refractivity contribution < 1.29 is 42.1 Å². The molecule has 0 aromatic heterocycles. The number of hydrogen-bond donors (Lipinski definition) is 0. The molecule has 0 saturated carbocycles. The van der Waals surface area contributed by atoms with Crippen LogP contribution < -0.4 is 4.89 Å². The minimum absolute atomic E-state index is 0.0302. The summed E-state index contributed by atoms with van der Waals surface area (Å²) < 4.78 is 34.2. The predicted molar refractivity (Wildman–Crippen MR) is 328 cm³/mol. The molecule has 0 N–H and O–H groups in total. The van der Waals surface area contributed by atoms with E-state index in [4.69, 9.17) is 18.5 Å². The highest BCUT2D eigenvalue weighted by Crippen LogP contribution is 2.38. The minimum Gasteiger partial charge on any atom is -0.756 e. The van der Waals surface area contributed by atoms with Crippen LogP contribution in [0.25, 0.3) is 0 Å². The van der Waals surface area contributed by atoms with Crippen molar-refractivity contribution in [3.8, 4) is 0 Å². The maximum atomic E-state index is 12.8. The number of phosphoric ester groups is 1. The van der Waals surface area contributed by atoms with Gasteiger partial charge in [-0.05, 0) is 64.2 Å². The number of carbonyl (C=O) groups excluding carboxylic acids is 2. The molecule has 0 aromatic rings. The Balaban J connectivity index is 4.03. The molecule has 0 rings (SSSR count). The third kappa shape index (κ3) is 62.5. The molecule has 0 radical (unpaired) electrons. The molecule has 77 heavy (non-hydrogen) atoms. The number of unbranched alkanes of at least 4 members (excludes halogenated alkanes) is 33. The number of carbonyl (C=O) groups is 2. The standard InChI is InChI=1S/C67H122NO8P/c1-6-8-10-12-14-16-18-20-22-24-26-27-28-29-30-31-32-33-34-35-36-37-38-39-40-41-42-44-46-48-50-52-54-56-58-60-67(70)76-65(64-75-77(71,72)74-62-61-68(3,4)5)63-73-66(69)59-57-55-53-51-49-47-45-43-25-23-21-19-17-15-13-11-9-7-2/h8,10,14,16,20,22,26-27,29-30,32-33,65H,6-7,9,11-13,15,17-19,21,23-25,28,31,34-64H2,1-5H3/b10-8-,16-14-,22-20-,27-26-,30-29-,33-32-. The number of quaternary nitrogens is 1. The summed E-state index contributed by atoms with van der Waals surface area (Å²) in [4.78, 5) is 37.9.